The van der Waals surface area contributed by atoms with Crippen molar-refractivity contribution in [1.29, 1.82) is 0 Å². The first-order valence-corrected chi connectivity index (χ1v) is 5.69. The highest BCUT2D eigenvalue weighted by Gasteiger charge is 2.19. The van der Waals surface area contributed by atoms with Crippen LogP contribution in [0.4, 0.5) is 0 Å². The van der Waals surface area contributed by atoms with E-state index < -0.39 is 0 Å². The van der Waals surface area contributed by atoms with E-state index in [0.29, 0.717) is 0 Å². The van der Waals surface area contributed by atoms with Gasteiger partial charge in [-0.1, -0.05) is 29.3 Å². The number of nitrogens with one attached hydrogen (secondary N) is 1. The fourth-order valence-corrected chi connectivity index (χ4v) is 2.05. The summed E-state index contributed by atoms with van der Waals surface area (Å²) in [5, 5.41) is 4.99. The van der Waals surface area contributed by atoms with Gasteiger partial charge in [-0.15, -0.1) is 0 Å². The lowest BCUT2D eigenvalue weighted by Crippen LogP contribution is -2.19. The molecule has 0 heterocycles. The second kappa shape index (κ2) is 4.52. The van der Waals surface area contributed by atoms with Crippen LogP contribution in [-0.2, 0) is 6.42 Å². The van der Waals surface area contributed by atoms with Crippen LogP contribution in [0, 0.1) is 0 Å². The molecule has 1 aliphatic carbocycles. The van der Waals surface area contributed by atoms with Crippen molar-refractivity contribution < 1.29 is 0 Å². The Balaban J connectivity index is 1.92. The highest BCUT2D eigenvalue weighted by atomic mass is 35.5. The van der Waals surface area contributed by atoms with Gasteiger partial charge < -0.3 is 5.32 Å². The quantitative estimate of drug-likeness (QED) is 0.836. The van der Waals surface area contributed by atoms with E-state index in [-0.39, 0.29) is 0 Å². The first-order chi connectivity index (χ1) is 6.77. The summed E-state index contributed by atoms with van der Waals surface area (Å²) in [5.74, 6) is 0. The van der Waals surface area contributed by atoms with Gasteiger partial charge in [-0.2, -0.15) is 0 Å². The molecule has 0 atom stereocenters. The summed E-state index contributed by atoms with van der Waals surface area (Å²) < 4.78 is 0. The van der Waals surface area contributed by atoms with E-state index in [1.165, 1.54) is 12.8 Å². The Morgan fingerprint density at radius 3 is 2.43 bits per heavy atom. The number of benzene rings is 1. The van der Waals surface area contributed by atoms with Crippen LogP contribution in [0.1, 0.15) is 18.4 Å². The standard InChI is InChI=1S/C11H13Cl2N/c12-10-2-1-3-11(13)9(10)6-7-14-8-4-5-8/h1-3,8,14H,4-7H2. The van der Waals surface area contributed by atoms with Crippen molar-refractivity contribution in [3.05, 3.63) is 33.8 Å². The molecule has 1 nitrogen and oxygen atoms in total. The summed E-state index contributed by atoms with van der Waals surface area (Å²) in [5.41, 5.74) is 1.06. The average molecular weight is 230 g/mol. The molecule has 0 unspecified atom stereocenters. The van der Waals surface area contributed by atoms with Crippen LogP contribution < -0.4 is 5.32 Å². The van der Waals surface area contributed by atoms with E-state index in [9.17, 15) is 0 Å². The second-order valence-electron chi connectivity index (χ2n) is 3.68. The summed E-state index contributed by atoms with van der Waals surface area (Å²) in [6, 6.07) is 6.40. The summed E-state index contributed by atoms with van der Waals surface area (Å²) in [6.07, 6.45) is 3.54. The average Bonchev–Trinajstić information content (AvgIpc) is 2.94. The van der Waals surface area contributed by atoms with Crippen LogP contribution in [-0.4, -0.2) is 12.6 Å². The Hall–Kier alpha value is -0.240. The zero-order valence-electron chi connectivity index (χ0n) is 7.89. The second-order valence-corrected chi connectivity index (χ2v) is 4.49. The highest BCUT2D eigenvalue weighted by molar-refractivity contribution is 6.35. The molecule has 0 saturated heterocycles. The molecule has 1 fully saturated rings. The lowest BCUT2D eigenvalue weighted by molar-refractivity contribution is 0.682. The lowest BCUT2D eigenvalue weighted by atomic mass is 10.1. The molecule has 76 valence electrons. The molecule has 1 N–H and O–H groups in total. The number of hydrogen-bond acceptors (Lipinski definition) is 1. The summed E-state index contributed by atoms with van der Waals surface area (Å²) >= 11 is 12.1. The summed E-state index contributed by atoms with van der Waals surface area (Å²) in [6.45, 7) is 0.966. The molecule has 0 bridgehead atoms. The van der Waals surface area contributed by atoms with Crippen LogP contribution in [0.5, 0.6) is 0 Å². The van der Waals surface area contributed by atoms with E-state index in [2.05, 4.69) is 5.32 Å². The van der Waals surface area contributed by atoms with Crippen molar-refractivity contribution in [1.82, 2.24) is 5.32 Å². The first kappa shape index (κ1) is 10.3. The zero-order chi connectivity index (χ0) is 9.97. The van der Waals surface area contributed by atoms with E-state index in [4.69, 9.17) is 23.2 Å². The van der Waals surface area contributed by atoms with Gasteiger partial charge in [-0.3, -0.25) is 0 Å². The minimum Gasteiger partial charge on any atom is -0.314 e. The molecule has 2 rings (SSSR count). The maximum atomic E-state index is 6.05. The largest absolute Gasteiger partial charge is 0.314 e. The molecular weight excluding hydrogens is 217 g/mol. The molecule has 1 saturated carbocycles. The third kappa shape index (κ3) is 2.63. The van der Waals surface area contributed by atoms with E-state index >= 15 is 0 Å². The first-order valence-electron chi connectivity index (χ1n) is 4.93. The van der Waals surface area contributed by atoms with Gasteiger partial charge in [0.15, 0.2) is 0 Å². The Morgan fingerprint density at radius 2 is 1.86 bits per heavy atom. The fourth-order valence-electron chi connectivity index (χ4n) is 1.46. The van der Waals surface area contributed by atoms with E-state index in [0.717, 1.165) is 34.6 Å². The molecule has 1 aromatic rings. The Morgan fingerprint density at radius 1 is 1.21 bits per heavy atom. The molecule has 14 heavy (non-hydrogen) atoms. The van der Waals surface area contributed by atoms with Crippen molar-refractivity contribution in [2.75, 3.05) is 6.54 Å². The molecule has 1 aliphatic rings. The molecule has 1 aromatic carbocycles. The maximum Gasteiger partial charge on any atom is 0.0453 e. The van der Waals surface area contributed by atoms with Gasteiger partial charge >= 0.3 is 0 Å². The zero-order valence-corrected chi connectivity index (χ0v) is 9.41. The van der Waals surface area contributed by atoms with Crippen molar-refractivity contribution in [2.24, 2.45) is 0 Å². The van der Waals surface area contributed by atoms with Crippen molar-refractivity contribution >= 4 is 23.2 Å². The lowest BCUT2D eigenvalue weighted by Gasteiger charge is -2.07. The van der Waals surface area contributed by atoms with Crippen molar-refractivity contribution in [2.45, 2.75) is 25.3 Å². The Bertz CT molecular complexity index is 301. The number of rotatable bonds is 4. The fraction of sp³-hybridized carbons (Fsp3) is 0.455. The normalized spacial score (nSPS) is 15.9. The third-order valence-corrected chi connectivity index (χ3v) is 3.16. The predicted octanol–water partition coefficient (Wildman–Crippen LogP) is 3.29. The SMILES string of the molecule is Clc1cccc(Cl)c1CCNC1CC1. The van der Waals surface area contributed by atoms with E-state index in [1.54, 1.807) is 0 Å². The monoisotopic (exact) mass is 229 g/mol. The molecule has 0 aliphatic heterocycles. The van der Waals surface area contributed by atoms with Gasteiger partial charge in [-0.05, 0) is 43.5 Å². The number of hydrogen-bond donors (Lipinski definition) is 1. The maximum absolute atomic E-state index is 6.05. The van der Waals surface area contributed by atoms with Gasteiger partial charge in [0.25, 0.3) is 0 Å². The molecule has 0 aromatic heterocycles. The smallest absolute Gasteiger partial charge is 0.0453 e. The van der Waals surface area contributed by atoms with Crippen molar-refractivity contribution in [3.8, 4) is 0 Å². The van der Waals surface area contributed by atoms with Gasteiger partial charge in [0.1, 0.15) is 0 Å². The van der Waals surface area contributed by atoms with Gasteiger partial charge in [-0.25, -0.2) is 0 Å². The van der Waals surface area contributed by atoms with Gasteiger partial charge in [0.05, 0.1) is 0 Å². The molecule has 0 radical (unpaired) electrons. The summed E-state index contributed by atoms with van der Waals surface area (Å²) in [7, 11) is 0. The molecule has 0 spiro atoms. The summed E-state index contributed by atoms with van der Waals surface area (Å²) in [4.78, 5) is 0. The Kier molecular flexibility index (Phi) is 3.32. The van der Waals surface area contributed by atoms with Gasteiger partial charge in [0.2, 0.25) is 0 Å². The third-order valence-electron chi connectivity index (χ3n) is 2.45. The van der Waals surface area contributed by atoms with Crippen molar-refractivity contribution in [3.63, 3.8) is 0 Å². The minimum absolute atomic E-state index is 0.747. The predicted molar refractivity (Wildman–Crippen MR) is 61.2 cm³/mol. The molecule has 0 amide bonds. The topological polar surface area (TPSA) is 12.0 Å². The van der Waals surface area contributed by atoms with Crippen LogP contribution >= 0.6 is 23.2 Å². The van der Waals surface area contributed by atoms with Crippen LogP contribution in [0.3, 0.4) is 0 Å². The van der Waals surface area contributed by atoms with Crippen LogP contribution in [0.25, 0.3) is 0 Å². The highest BCUT2D eigenvalue weighted by Crippen LogP contribution is 2.25. The van der Waals surface area contributed by atoms with Crippen LogP contribution in [0.2, 0.25) is 10.0 Å². The van der Waals surface area contributed by atoms with Gasteiger partial charge in [0, 0.05) is 16.1 Å². The number of halogens is 2. The molecular formula is C11H13Cl2N. The van der Waals surface area contributed by atoms with Crippen LogP contribution in [0.15, 0.2) is 18.2 Å². The molecule has 3 heteroatoms. The minimum atomic E-state index is 0.747. The van der Waals surface area contributed by atoms with E-state index in [1.807, 2.05) is 18.2 Å². The Labute approximate surface area is 94.4 Å².